The molecule has 1 N–H and O–H groups in total. The average Bonchev–Trinajstić information content (AvgIpc) is 2.26. The van der Waals surface area contributed by atoms with E-state index >= 15 is 0 Å². The average molecular weight is 216 g/mol. The van der Waals surface area contributed by atoms with Crippen LogP contribution in [0, 0.1) is 0 Å². The van der Waals surface area contributed by atoms with E-state index in [2.05, 4.69) is 10.2 Å². The van der Waals surface area contributed by atoms with E-state index in [4.69, 9.17) is 9.47 Å². The Morgan fingerprint density at radius 1 is 1.47 bits per heavy atom. The summed E-state index contributed by atoms with van der Waals surface area (Å²) in [5, 5.41) is 2.86. The normalized spacial score (nSPS) is 17.7. The number of hydrogen-bond donors (Lipinski definition) is 1. The number of carbonyl (C=O) groups excluding carboxylic acids is 1. The standard InChI is InChI=1S/C10H20N2O3/c1-14-6-2-3-11-10(13)9-12-4-7-15-8-5-12/h2-9H2,1H3,(H,11,13). The number of nitrogens with one attached hydrogen (secondary N) is 1. The SMILES string of the molecule is COCCCNC(=O)CN1CCOCC1. The van der Waals surface area contributed by atoms with Gasteiger partial charge in [-0.15, -0.1) is 0 Å². The molecule has 1 amide bonds. The molecule has 0 aliphatic carbocycles. The molecular formula is C10H20N2O3. The summed E-state index contributed by atoms with van der Waals surface area (Å²) in [6, 6.07) is 0. The van der Waals surface area contributed by atoms with Gasteiger partial charge in [-0.25, -0.2) is 0 Å². The zero-order chi connectivity index (χ0) is 10.9. The van der Waals surface area contributed by atoms with Gasteiger partial charge in [-0.05, 0) is 6.42 Å². The van der Waals surface area contributed by atoms with Gasteiger partial charge in [0, 0.05) is 33.4 Å². The van der Waals surface area contributed by atoms with Crippen LogP contribution in [0.15, 0.2) is 0 Å². The molecule has 1 saturated heterocycles. The summed E-state index contributed by atoms with van der Waals surface area (Å²) in [7, 11) is 1.66. The third kappa shape index (κ3) is 5.71. The van der Waals surface area contributed by atoms with Gasteiger partial charge in [0.15, 0.2) is 0 Å². The number of carbonyl (C=O) groups is 1. The van der Waals surface area contributed by atoms with E-state index in [1.54, 1.807) is 7.11 Å². The maximum absolute atomic E-state index is 11.4. The molecule has 0 bridgehead atoms. The second kappa shape index (κ2) is 7.62. The van der Waals surface area contributed by atoms with Crippen molar-refractivity contribution >= 4 is 5.91 Å². The van der Waals surface area contributed by atoms with Gasteiger partial charge in [0.05, 0.1) is 19.8 Å². The third-order valence-corrected chi connectivity index (χ3v) is 2.32. The number of ether oxygens (including phenoxy) is 2. The Morgan fingerprint density at radius 2 is 2.20 bits per heavy atom. The van der Waals surface area contributed by atoms with Crippen molar-refractivity contribution in [1.82, 2.24) is 10.2 Å². The number of methoxy groups -OCH3 is 1. The van der Waals surface area contributed by atoms with Gasteiger partial charge < -0.3 is 14.8 Å². The Bertz CT molecular complexity index is 182. The number of hydrogen-bond acceptors (Lipinski definition) is 4. The molecule has 0 saturated carbocycles. The van der Waals surface area contributed by atoms with Crippen molar-refractivity contribution in [2.45, 2.75) is 6.42 Å². The maximum atomic E-state index is 11.4. The smallest absolute Gasteiger partial charge is 0.234 e. The lowest BCUT2D eigenvalue weighted by Crippen LogP contribution is -2.43. The molecule has 1 rings (SSSR count). The largest absolute Gasteiger partial charge is 0.385 e. The fourth-order valence-corrected chi connectivity index (χ4v) is 1.46. The van der Waals surface area contributed by atoms with Crippen molar-refractivity contribution in [2.24, 2.45) is 0 Å². The van der Waals surface area contributed by atoms with Crippen LogP contribution in [-0.4, -0.2) is 63.9 Å². The number of nitrogens with zero attached hydrogens (tertiary/aromatic N) is 1. The van der Waals surface area contributed by atoms with E-state index in [1.165, 1.54) is 0 Å². The molecule has 0 spiro atoms. The maximum Gasteiger partial charge on any atom is 0.234 e. The minimum absolute atomic E-state index is 0.0907. The van der Waals surface area contributed by atoms with Crippen molar-refractivity contribution in [3.05, 3.63) is 0 Å². The second-order valence-electron chi connectivity index (χ2n) is 3.58. The highest BCUT2D eigenvalue weighted by atomic mass is 16.5. The van der Waals surface area contributed by atoms with Crippen LogP contribution in [0.2, 0.25) is 0 Å². The lowest BCUT2D eigenvalue weighted by molar-refractivity contribution is -0.123. The predicted octanol–water partition coefficient (Wildman–Crippen LogP) is -0.529. The minimum atomic E-state index is 0.0907. The fourth-order valence-electron chi connectivity index (χ4n) is 1.46. The summed E-state index contributed by atoms with van der Waals surface area (Å²) >= 11 is 0. The number of morpholine rings is 1. The summed E-state index contributed by atoms with van der Waals surface area (Å²) in [5.41, 5.74) is 0. The molecule has 0 aromatic carbocycles. The van der Waals surface area contributed by atoms with Crippen molar-refractivity contribution in [1.29, 1.82) is 0 Å². The van der Waals surface area contributed by atoms with Crippen LogP contribution in [0.4, 0.5) is 0 Å². The molecule has 15 heavy (non-hydrogen) atoms. The zero-order valence-corrected chi connectivity index (χ0v) is 9.33. The highest BCUT2D eigenvalue weighted by Gasteiger charge is 2.13. The first-order valence-corrected chi connectivity index (χ1v) is 5.38. The first-order chi connectivity index (χ1) is 7.33. The molecule has 1 fully saturated rings. The monoisotopic (exact) mass is 216 g/mol. The first kappa shape index (κ1) is 12.4. The lowest BCUT2D eigenvalue weighted by atomic mass is 10.4. The highest BCUT2D eigenvalue weighted by molar-refractivity contribution is 5.77. The van der Waals surface area contributed by atoms with Gasteiger partial charge in [-0.2, -0.15) is 0 Å². The van der Waals surface area contributed by atoms with Crippen LogP contribution in [0.1, 0.15) is 6.42 Å². The van der Waals surface area contributed by atoms with Crippen LogP contribution >= 0.6 is 0 Å². The third-order valence-electron chi connectivity index (χ3n) is 2.32. The molecular weight excluding hydrogens is 196 g/mol. The van der Waals surface area contributed by atoms with Crippen molar-refractivity contribution in [2.75, 3.05) is 53.1 Å². The summed E-state index contributed by atoms with van der Waals surface area (Å²) in [5.74, 6) is 0.0907. The quantitative estimate of drug-likeness (QED) is 0.607. The Balaban J connectivity index is 2.01. The van der Waals surface area contributed by atoms with Gasteiger partial charge in [-0.1, -0.05) is 0 Å². The summed E-state index contributed by atoms with van der Waals surface area (Å²) in [6.45, 7) is 5.04. The van der Waals surface area contributed by atoms with Crippen molar-refractivity contribution in [3.63, 3.8) is 0 Å². The van der Waals surface area contributed by atoms with E-state index in [9.17, 15) is 4.79 Å². The highest BCUT2D eigenvalue weighted by Crippen LogP contribution is 1.95. The Morgan fingerprint density at radius 3 is 2.87 bits per heavy atom. The van der Waals surface area contributed by atoms with Crippen LogP contribution in [0.5, 0.6) is 0 Å². The molecule has 0 radical (unpaired) electrons. The van der Waals surface area contributed by atoms with E-state index in [1.807, 2.05) is 0 Å². The molecule has 0 atom stereocenters. The Labute approximate surface area is 90.7 Å². The van der Waals surface area contributed by atoms with Gasteiger partial charge >= 0.3 is 0 Å². The van der Waals surface area contributed by atoms with E-state index < -0.39 is 0 Å². The van der Waals surface area contributed by atoms with Crippen LogP contribution in [0.3, 0.4) is 0 Å². The van der Waals surface area contributed by atoms with Gasteiger partial charge in [0.1, 0.15) is 0 Å². The molecule has 1 aliphatic rings. The summed E-state index contributed by atoms with van der Waals surface area (Å²) in [6.07, 6.45) is 0.866. The lowest BCUT2D eigenvalue weighted by Gasteiger charge is -2.25. The van der Waals surface area contributed by atoms with Crippen LogP contribution in [-0.2, 0) is 14.3 Å². The van der Waals surface area contributed by atoms with Crippen LogP contribution < -0.4 is 5.32 Å². The van der Waals surface area contributed by atoms with Gasteiger partial charge in [0.2, 0.25) is 5.91 Å². The molecule has 88 valence electrons. The van der Waals surface area contributed by atoms with Crippen LogP contribution in [0.25, 0.3) is 0 Å². The molecule has 0 unspecified atom stereocenters. The zero-order valence-electron chi connectivity index (χ0n) is 9.33. The second-order valence-corrected chi connectivity index (χ2v) is 3.58. The summed E-state index contributed by atoms with van der Waals surface area (Å²) < 4.78 is 10.1. The first-order valence-electron chi connectivity index (χ1n) is 5.38. The molecule has 1 heterocycles. The Kier molecular flexibility index (Phi) is 6.31. The number of rotatable bonds is 6. The van der Waals surface area contributed by atoms with E-state index in [0.29, 0.717) is 19.7 Å². The predicted molar refractivity (Wildman–Crippen MR) is 56.8 cm³/mol. The van der Waals surface area contributed by atoms with Crippen molar-refractivity contribution < 1.29 is 14.3 Å². The Hall–Kier alpha value is -0.650. The van der Waals surface area contributed by atoms with E-state index in [-0.39, 0.29) is 5.91 Å². The molecule has 0 aromatic heterocycles. The molecule has 5 nitrogen and oxygen atoms in total. The van der Waals surface area contributed by atoms with Gasteiger partial charge in [0.25, 0.3) is 0 Å². The number of amides is 1. The molecule has 0 aromatic rings. The van der Waals surface area contributed by atoms with E-state index in [0.717, 1.165) is 32.7 Å². The van der Waals surface area contributed by atoms with Gasteiger partial charge in [-0.3, -0.25) is 9.69 Å². The molecule has 1 aliphatic heterocycles. The minimum Gasteiger partial charge on any atom is -0.385 e. The van der Waals surface area contributed by atoms with Crippen molar-refractivity contribution in [3.8, 4) is 0 Å². The fraction of sp³-hybridized carbons (Fsp3) is 0.900. The summed E-state index contributed by atoms with van der Waals surface area (Å²) in [4.78, 5) is 13.5. The topological polar surface area (TPSA) is 50.8 Å². The molecule has 5 heteroatoms.